The fourth-order valence-electron chi connectivity index (χ4n) is 3.57. The van der Waals surface area contributed by atoms with Crippen LogP contribution in [0.4, 0.5) is 0 Å². The molecule has 0 aliphatic carbocycles. The van der Waals surface area contributed by atoms with Gasteiger partial charge in [0.25, 0.3) is 11.8 Å². The van der Waals surface area contributed by atoms with Gasteiger partial charge in [0.05, 0.1) is 5.56 Å². The van der Waals surface area contributed by atoms with Crippen LogP contribution >= 0.6 is 0 Å². The minimum absolute atomic E-state index is 0.0337. The number of aromatic nitrogens is 1. The smallest absolute Gasteiger partial charge is 0.255 e. The highest BCUT2D eigenvalue weighted by Gasteiger charge is 2.28. The Kier molecular flexibility index (Phi) is 4.30. The van der Waals surface area contributed by atoms with Gasteiger partial charge in [0.1, 0.15) is 0 Å². The second kappa shape index (κ2) is 6.64. The summed E-state index contributed by atoms with van der Waals surface area (Å²) < 4.78 is 12.7. The quantitative estimate of drug-likeness (QED) is 0.812. The van der Waals surface area contributed by atoms with E-state index in [9.17, 15) is 9.59 Å². The molecule has 3 heterocycles. The minimum atomic E-state index is -0.0489. The predicted octanol–water partition coefficient (Wildman–Crippen LogP) is 1.97. The molecule has 0 atom stereocenters. The summed E-state index contributed by atoms with van der Waals surface area (Å²) in [4.78, 5) is 29.2. The van der Waals surface area contributed by atoms with Crippen molar-refractivity contribution in [3.8, 4) is 11.5 Å². The summed E-state index contributed by atoms with van der Waals surface area (Å²) in [6.45, 7) is 6.23. The van der Waals surface area contributed by atoms with E-state index in [0.29, 0.717) is 43.2 Å². The van der Waals surface area contributed by atoms with Gasteiger partial charge in [0, 0.05) is 50.2 Å². The maximum absolute atomic E-state index is 12.8. The number of rotatable bonds is 2. The molecule has 0 saturated carbocycles. The normalized spacial score (nSPS) is 16.0. The topological polar surface area (TPSA) is 64.0 Å². The lowest BCUT2D eigenvalue weighted by Crippen LogP contribution is -2.50. The summed E-state index contributed by atoms with van der Waals surface area (Å²) in [7, 11) is 1.96. The number of carbonyl (C=O) groups excluding carboxylic acids is 2. The van der Waals surface area contributed by atoms with Gasteiger partial charge in [-0.15, -0.1) is 0 Å². The van der Waals surface area contributed by atoms with Crippen molar-refractivity contribution in [2.24, 2.45) is 7.05 Å². The second-order valence-electron chi connectivity index (χ2n) is 7.00. The van der Waals surface area contributed by atoms with Crippen LogP contribution in [-0.4, -0.2) is 59.2 Å². The number of ether oxygens (including phenoxy) is 2. The molecule has 1 aromatic heterocycles. The van der Waals surface area contributed by atoms with E-state index in [2.05, 4.69) is 0 Å². The first-order valence-corrected chi connectivity index (χ1v) is 9.07. The van der Waals surface area contributed by atoms with Crippen molar-refractivity contribution in [3.63, 3.8) is 0 Å². The van der Waals surface area contributed by atoms with E-state index < -0.39 is 0 Å². The van der Waals surface area contributed by atoms with Crippen LogP contribution in [0.1, 0.15) is 32.1 Å². The molecular formula is C20H23N3O4. The number of hydrogen-bond donors (Lipinski definition) is 0. The highest BCUT2D eigenvalue weighted by Crippen LogP contribution is 2.32. The number of piperazine rings is 1. The van der Waals surface area contributed by atoms with E-state index in [1.165, 1.54) is 0 Å². The van der Waals surface area contributed by atoms with Crippen molar-refractivity contribution < 1.29 is 19.1 Å². The molecule has 1 fully saturated rings. The Morgan fingerprint density at radius 1 is 0.889 bits per heavy atom. The molecule has 7 nitrogen and oxygen atoms in total. The van der Waals surface area contributed by atoms with Crippen LogP contribution in [0.2, 0.25) is 0 Å². The fourth-order valence-corrected chi connectivity index (χ4v) is 3.57. The SMILES string of the molecule is Cc1cc(C(=O)N2CCN(C(=O)c3ccc4c(c3)OCO4)CC2)c(C)n1C. The van der Waals surface area contributed by atoms with Crippen molar-refractivity contribution in [1.82, 2.24) is 14.4 Å². The molecule has 0 N–H and O–H groups in total. The summed E-state index contributed by atoms with van der Waals surface area (Å²) in [5, 5.41) is 0. The third kappa shape index (κ3) is 3.03. The summed E-state index contributed by atoms with van der Waals surface area (Å²) >= 11 is 0. The minimum Gasteiger partial charge on any atom is -0.454 e. The van der Waals surface area contributed by atoms with Crippen LogP contribution in [0.15, 0.2) is 24.3 Å². The Morgan fingerprint density at radius 2 is 1.52 bits per heavy atom. The molecule has 1 aromatic carbocycles. The van der Waals surface area contributed by atoms with Crippen LogP contribution in [0, 0.1) is 13.8 Å². The molecule has 0 bridgehead atoms. The molecule has 4 rings (SSSR count). The number of carbonyl (C=O) groups is 2. The molecule has 0 radical (unpaired) electrons. The van der Waals surface area contributed by atoms with Gasteiger partial charge in [-0.05, 0) is 38.1 Å². The van der Waals surface area contributed by atoms with Crippen LogP contribution < -0.4 is 9.47 Å². The average Bonchev–Trinajstić information content (AvgIpc) is 3.26. The van der Waals surface area contributed by atoms with Gasteiger partial charge in [-0.1, -0.05) is 0 Å². The standard InChI is InChI=1S/C20H23N3O4/c1-13-10-16(14(2)21(13)3)20(25)23-8-6-22(7-9-23)19(24)15-4-5-17-18(11-15)27-12-26-17/h4-5,10-11H,6-9,12H2,1-3H3. The first-order chi connectivity index (χ1) is 13.0. The molecule has 7 heteroatoms. The van der Waals surface area contributed by atoms with Gasteiger partial charge >= 0.3 is 0 Å². The molecule has 0 spiro atoms. The van der Waals surface area contributed by atoms with Crippen LogP contribution in [0.5, 0.6) is 11.5 Å². The van der Waals surface area contributed by atoms with Gasteiger partial charge in [-0.3, -0.25) is 9.59 Å². The molecule has 2 aliphatic heterocycles. The first-order valence-electron chi connectivity index (χ1n) is 9.07. The van der Waals surface area contributed by atoms with E-state index >= 15 is 0 Å². The lowest BCUT2D eigenvalue weighted by molar-refractivity contribution is 0.0535. The van der Waals surface area contributed by atoms with E-state index in [0.717, 1.165) is 17.0 Å². The van der Waals surface area contributed by atoms with Crippen LogP contribution in [0.25, 0.3) is 0 Å². The lowest BCUT2D eigenvalue weighted by atomic mass is 10.1. The number of benzene rings is 1. The Bertz CT molecular complexity index is 910. The van der Waals surface area contributed by atoms with Gasteiger partial charge in [-0.2, -0.15) is 0 Å². The van der Waals surface area contributed by atoms with Crippen molar-refractivity contribution in [2.75, 3.05) is 33.0 Å². The van der Waals surface area contributed by atoms with E-state index in [4.69, 9.17) is 9.47 Å². The summed E-state index contributed by atoms with van der Waals surface area (Å²) in [6, 6.07) is 7.17. The number of fused-ring (bicyclic) bond motifs is 1. The number of nitrogens with zero attached hydrogens (tertiary/aromatic N) is 3. The van der Waals surface area contributed by atoms with Crippen LogP contribution in [-0.2, 0) is 7.05 Å². The summed E-state index contributed by atoms with van der Waals surface area (Å²) in [6.07, 6.45) is 0. The Labute approximate surface area is 158 Å². The van der Waals surface area contributed by atoms with Gasteiger partial charge in [0.15, 0.2) is 11.5 Å². The van der Waals surface area contributed by atoms with Gasteiger partial charge in [-0.25, -0.2) is 0 Å². The number of amides is 2. The van der Waals surface area contributed by atoms with Crippen LogP contribution in [0.3, 0.4) is 0 Å². The van der Waals surface area contributed by atoms with E-state index in [-0.39, 0.29) is 18.6 Å². The van der Waals surface area contributed by atoms with Gasteiger partial charge in [0.2, 0.25) is 6.79 Å². The second-order valence-corrected chi connectivity index (χ2v) is 7.00. The van der Waals surface area contributed by atoms with E-state index in [1.807, 2.05) is 36.4 Å². The lowest BCUT2D eigenvalue weighted by Gasteiger charge is -2.34. The third-order valence-corrected chi connectivity index (χ3v) is 5.48. The molecule has 0 unspecified atom stereocenters. The van der Waals surface area contributed by atoms with Crippen molar-refractivity contribution in [2.45, 2.75) is 13.8 Å². The molecule has 2 aromatic rings. The first kappa shape index (κ1) is 17.5. The fraction of sp³-hybridized carbons (Fsp3) is 0.400. The predicted molar refractivity (Wildman–Crippen MR) is 99.3 cm³/mol. The molecule has 142 valence electrons. The average molecular weight is 369 g/mol. The third-order valence-electron chi connectivity index (χ3n) is 5.48. The monoisotopic (exact) mass is 369 g/mol. The zero-order valence-electron chi connectivity index (χ0n) is 15.8. The molecule has 27 heavy (non-hydrogen) atoms. The maximum atomic E-state index is 12.8. The zero-order valence-corrected chi connectivity index (χ0v) is 15.8. The van der Waals surface area contributed by atoms with Crippen molar-refractivity contribution >= 4 is 11.8 Å². The van der Waals surface area contributed by atoms with Crippen molar-refractivity contribution in [3.05, 3.63) is 46.8 Å². The summed E-state index contributed by atoms with van der Waals surface area (Å²) in [5.41, 5.74) is 3.35. The van der Waals surface area contributed by atoms with Crippen molar-refractivity contribution in [1.29, 1.82) is 0 Å². The Morgan fingerprint density at radius 3 is 2.15 bits per heavy atom. The van der Waals surface area contributed by atoms with E-state index in [1.54, 1.807) is 23.1 Å². The Hall–Kier alpha value is -2.96. The maximum Gasteiger partial charge on any atom is 0.255 e. The summed E-state index contributed by atoms with van der Waals surface area (Å²) in [5.74, 6) is 1.25. The highest BCUT2D eigenvalue weighted by atomic mass is 16.7. The molecule has 2 amide bonds. The van der Waals surface area contributed by atoms with Gasteiger partial charge < -0.3 is 23.8 Å². The largest absolute Gasteiger partial charge is 0.454 e. The number of aryl methyl sites for hydroxylation is 1. The molecule has 2 aliphatic rings. The Balaban J connectivity index is 1.42. The number of hydrogen-bond acceptors (Lipinski definition) is 4. The molecular weight excluding hydrogens is 346 g/mol. The zero-order chi connectivity index (χ0) is 19.1. The highest BCUT2D eigenvalue weighted by molar-refractivity contribution is 5.97. The molecule has 1 saturated heterocycles.